The highest BCUT2D eigenvalue weighted by atomic mass is 16.1. The Morgan fingerprint density at radius 1 is 1.37 bits per heavy atom. The molecule has 0 radical (unpaired) electrons. The summed E-state index contributed by atoms with van der Waals surface area (Å²) < 4.78 is 1.54. The van der Waals surface area contributed by atoms with Gasteiger partial charge in [0.25, 0.3) is 5.56 Å². The molecule has 0 bridgehead atoms. The van der Waals surface area contributed by atoms with Crippen LogP contribution in [0.15, 0.2) is 35.3 Å². The van der Waals surface area contributed by atoms with Crippen molar-refractivity contribution in [3.05, 3.63) is 46.5 Å². The van der Waals surface area contributed by atoms with E-state index in [9.17, 15) is 4.79 Å². The van der Waals surface area contributed by atoms with Crippen LogP contribution in [0.3, 0.4) is 0 Å². The largest absolute Gasteiger partial charge is 0.311 e. The molecule has 4 heteroatoms. The first-order valence-corrected chi connectivity index (χ1v) is 6.43. The molecule has 0 amide bonds. The van der Waals surface area contributed by atoms with Crippen molar-refractivity contribution in [2.75, 3.05) is 6.54 Å². The van der Waals surface area contributed by atoms with Crippen LogP contribution in [0.25, 0.3) is 5.65 Å². The minimum Gasteiger partial charge on any atom is -0.311 e. The normalized spacial score (nSPS) is 10.5. The predicted molar refractivity (Wildman–Crippen MR) is 75.9 cm³/mol. The van der Waals surface area contributed by atoms with Gasteiger partial charge in [-0.15, -0.1) is 12.3 Å². The molecule has 2 aromatic rings. The van der Waals surface area contributed by atoms with Crippen molar-refractivity contribution >= 4 is 5.65 Å². The number of rotatable bonds is 6. The van der Waals surface area contributed by atoms with Gasteiger partial charge in [-0.25, -0.2) is 4.98 Å². The fourth-order valence-electron chi connectivity index (χ4n) is 1.89. The molecule has 0 aliphatic carbocycles. The van der Waals surface area contributed by atoms with E-state index in [4.69, 9.17) is 6.42 Å². The number of nitrogens with one attached hydrogen (secondary N) is 1. The van der Waals surface area contributed by atoms with Gasteiger partial charge in [0.2, 0.25) is 0 Å². The monoisotopic (exact) mass is 255 g/mol. The molecule has 0 aliphatic heterocycles. The number of hydrogen-bond acceptors (Lipinski definition) is 3. The summed E-state index contributed by atoms with van der Waals surface area (Å²) in [7, 11) is 0. The van der Waals surface area contributed by atoms with E-state index < -0.39 is 0 Å². The fourth-order valence-corrected chi connectivity index (χ4v) is 1.89. The Hall–Kier alpha value is -2.12. The zero-order valence-electron chi connectivity index (χ0n) is 10.8. The Kier molecular flexibility index (Phi) is 4.71. The maximum absolute atomic E-state index is 11.8. The van der Waals surface area contributed by atoms with Gasteiger partial charge in [0.05, 0.1) is 5.69 Å². The van der Waals surface area contributed by atoms with Crippen LogP contribution in [0.4, 0.5) is 0 Å². The zero-order chi connectivity index (χ0) is 13.5. The molecule has 0 saturated heterocycles. The van der Waals surface area contributed by atoms with Crippen molar-refractivity contribution in [2.45, 2.75) is 25.8 Å². The van der Waals surface area contributed by atoms with Gasteiger partial charge in [0.1, 0.15) is 5.65 Å². The Morgan fingerprint density at radius 3 is 3.11 bits per heavy atom. The summed E-state index contributed by atoms with van der Waals surface area (Å²) in [5, 5.41) is 3.27. The SMILES string of the molecule is C#CCCCCNCc1cc(=O)n2ccccc2n1. The molecule has 0 aromatic carbocycles. The smallest absolute Gasteiger partial charge is 0.258 e. The topological polar surface area (TPSA) is 46.4 Å². The minimum atomic E-state index is -0.0465. The number of terminal acetylenes is 1. The Morgan fingerprint density at radius 2 is 2.26 bits per heavy atom. The lowest BCUT2D eigenvalue weighted by Gasteiger charge is -2.05. The Bertz CT molecular complexity index is 640. The number of hydrogen-bond donors (Lipinski definition) is 1. The molecule has 0 aliphatic rings. The van der Waals surface area contributed by atoms with Crippen molar-refractivity contribution in [3.63, 3.8) is 0 Å². The summed E-state index contributed by atoms with van der Waals surface area (Å²) in [6.45, 7) is 1.49. The maximum Gasteiger partial charge on any atom is 0.258 e. The third-order valence-electron chi connectivity index (χ3n) is 2.85. The Balaban J connectivity index is 1.95. The Labute approximate surface area is 112 Å². The van der Waals surface area contributed by atoms with Crippen LogP contribution >= 0.6 is 0 Å². The van der Waals surface area contributed by atoms with Crippen molar-refractivity contribution in [1.29, 1.82) is 0 Å². The highest BCUT2D eigenvalue weighted by Gasteiger charge is 2.00. The van der Waals surface area contributed by atoms with Crippen molar-refractivity contribution in [1.82, 2.24) is 14.7 Å². The lowest BCUT2D eigenvalue weighted by atomic mass is 10.2. The van der Waals surface area contributed by atoms with Crippen LogP contribution in [0.5, 0.6) is 0 Å². The van der Waals surface area contributed by atoms with Crippen LogP contribution in [0.1, 0.15) is 25.0 Å². The van der Waals surface area contributed by atoms with E-state index in [-0.39, 0.29) is 5.56 Å². The molecule has 0 unspecified atom stereocenters. The lowest BCUT2D eigenvalue weighted by Crippen LogP contribution is -2.20. The van der Waals surface area contributed by atoms with Gasteiger partial charge < -0.3 is 5.32 Å². The van der Waals surface area contributed by atoms with Gasteiger partial charge in [-0.1, -0.05) is 6.07 Å². The van der Waals surface area contributed by atoms with E-state index in [2.05, 4.69) is 16.2 Å². The van der Waals surface area contributed by atoms with E-state index in [0.29, 0.717) is 12.2 Å². The van der Waals surface area contributed by atoms with Crippen molar-refractivity contribution in [3.8, 4) is 12.3 Å². The predicted octanol–water partition coefficient (Wildman–Crippen LogP) is 1.59. The van der Waals surface area contributed by atoms with Crippen LogP contribution in [-0.2, 0) is 6.54 Å². The summed E-state index contributed by atoms with van der Waals surface area (Å²) in [5.41, 5.74) is 1.40. The second-order valence-corrected chi connectivity index (χ2v) is 4.35. The number of nitrogens with zero attached hydrogens (tertiary/aromatic N) is 2. The van der Waals surface area contributed by atoms with Gasteiger partial charge in [-0.2, -0.15) is 0 Å². The standard InChI is InChI=1S/C15H17N3O/c1-2-3-4-6-9-16-12-13-11-15(19)18-10-7-5-8-14(18)17-13/h1,5,7-8,10-11,16H,3-4,6,9,12H2. The number of pyridine rings is 1. The van der Waals surface area contributed by atoms with Crippen LogP contribution < -0.4 is 10.9 Å². The van der Waals surface area contributed by atoms with Gasteiger partial charge in [0, 0.05) is 25.2 Å². The molecule has 0 fully saturated rings. The first kappa shape index (κ1) is 13.3. The third kappa shape index (κ3) is 3.67. The maximum atomic E-state index is 11.8. The molecule has 0 atom stereocenters. The van der Waals surface area contributed by atoms with Gasteiger partial charge in [0.15, 0.2) is 0 Å². The third-order valence-corrected chi connectivity index (χ3v) is 2.85. The summed E-state index contributed by atoms with van der Waals surface area (Å²) in [6.07, 6.45) is 9.79. The van der Waals surface area contributed by atoms with Crippen LogP contribution in [0, 0.1) is 12.3 Å². The van der Waals surface area contributed by atoms with Gasteiger partial charge in [-0.3, -0.25) is 9.20 Å². The van der Waals surface area contributed by atoms with E-state index in [1.807, 2.05) is 18.2 Å². The first-order chi connectivity index (χ1) is 9.31. The summed E-state index contributed by atoms with van der Waals surface area (Å²) >= 11 is 0. The number of fused-ring (bicyclic) bond motifs is 1. The summed E-state index contributed by atoms with van der Waals surface area (Å²) in [6, 6.07) is 7.09. The average Bonchev–Trinajstić information content (AvgIpc) is 2.43. The van der Waals surface area contributed by atoms with Gasteiger partial charge >= 0.3 is 0 Å². The molecule has 1 N–H and O–H groups in total. The second kappa shape index (κ2) is 6.72. The molecular weight excluding hydrogens is 238 g/mol. The molecule has 98 valence electrons. The first-order valence-electron chi connectivity index (χ1n) is 6.43. The molecule has 19 heavy (non-hydrogen) atoms. The van der Waals surface area contributed by atoms with E-state index in [1.54, 1.807) is 12.3 Å². The molecular formula is C15H17N3O. The molecule has 2 heterocycles. The molecule has 2 rings (SSSR count). The average molecular weight is 255 g/mol. The van der Waals surface area contributed by atoms with Gasteiger partial charge in [-0.05, 0) is 31.5 Å². The lowest BCUT2D eigenvalue weighted by molar-refractivity contribution is 0.622. The van der Waals surface area contributed by atoms with E-state index in [0.717, 1.165) is 31.5 Å². The van der Waals surface area contributed by atoms with Crippen molar-refractivity contribution < 1.29 is 0 Å². The number of aromatic nitrogens is 2. The number of unbranched alkanes of at least 4 members (excludes halogenated alkanes) is 2. The highest BCUT2D eigenvalue weighted by Crippen LogP contribution is 1.99. The van der Waals surface area contributed by atoms with Crippen LogP contribution in [-0.4, -0.2) is 15.9 Å². The fraction of sp³-hybridized carbons (Fsp3) is 0.333. The molecule has 4 nitrogen and oxygen atoms in total. The van der Waals surface area contributed by atoms with Crippen molar-refractivity contribution in [2.24, 2.45) is 0 Å². The zero-order valence-corrected chi connectivity index (χ0v) is 10.8. The second-order valence-electron chi connectivity index (χ2n) is 4.35. The minimum absolute atomic E-state index is 0.0465. The molecule has 2 aromatic heterocycles. The van der Waals surface area contributed by atoms with E-state index >= 15 is 0 Å². The molecule has 0 spiro atoms. The summed E-state index contributed by atoms with van der Waals surface area (Å²) in [4.78, 5) is 16.3. The molecule has 0 saturated carbocycles. The highest BCUT2D eigenvalue weighted by molar-refractivity contribution is 5.37. The van der Waals surface area contributed by atoms with Crippen LogP contribution in [0.2, 0.25) is 0 Å². The summed E-state index contributed by atoms with van der Waals surface area (Å²) in [5.74, 6) is 2.62. The van der Waals surface area contributed by atoms with E-state index in [1.165, 1.54) is 4.40 Å². The quantitative estimate of drug-likeness (QED) is 0.630.